The Morgan fingerprint density at radius 2 is 1.71 bits per heavy atom. The molecule has 1 heterocycles. The summed E-state index contributed by atoms with van der Waals surface area (Å²) in [6.45, 7) is 1.85. The summed E-state index contributed by atoms with van der Waals surface area (Å²) in [6, 6.07) is 11.8. The van der Waals surface area contributed by atoms with E-state index in [2.05, 4.69) is 4.90 Å². The summed E-state index contributed by atoms with van der Waals surface area (Å²) < 4.78 is 42.6. The van der Waals surface area contributed by atoms with Crippen LogP contribution in [0.3, 0.4) is 0 Å². The first-order valence-corrected chi connectivity index (χ1v) is 9.90. The van der Waals surface area contributed by atoms with Crippen molar-refractivity contribution >= 4 is 35.2 Å². The monoisotopic (exact) mass is 452 g/mol. The van der Waals surface area contributed by atoms with Gasteiger partial charge in [0.1, 0.15) is 0 Å². The number of carbonyl (C=O) groups is 2. The van der Waals surface area contributed by atoms with Crippen LogP contribution in [0.15, 0.2) is 54.6 Å². The lowest BCUT2D eigenvalue weighted by atomic mass is 10.1. The second-order valence-electron chi connectivity index (χ2n) is 6.91. The van der Waals surface area contributed by atoms with Gasteiger partial charge < -0.3 is 14.5 Å². The lowest BCUT2D eigenvalue weighted by Crippen LogP contribution is -2.49. The minimum atomic E-state index is -4.42. The topological polar surface area (TPSA) is 49.9 Å². The van der Waals surface area contributed by atoms with Crippen molar-refractivity contribution in [2.24, 2.45) is 0 Å². The first-order chi connectivity index (χ1) is 14.7. The summed E-state index contributed by atoms with van der Waals surface area (Å²) in [5.74, 6) is -1.05. The normalized spacial score (nSPS) is 14.7. The van der Waals surface area contributed by atoms with E-state index in [0.29, 0.717) is 36.8 Å². The number of halogens is 4. The van der Waals surface area contributed by atoms with Gasteiger partial charge in [-0.2, -0.15) is 13.2 Å². The third kappa shape index (κ3) is 6.49. The highest BCUT2D eigenvalue weighted by Gasteiger charge is 2.29. The molecule has 0 N–H and O–H groups in total. The molecule has 31 heavy (non-hydrogen) atoms. The van der Waals surface area contributed by atoms with Crippen LogP contribution in [0.2, 0.25) is 5.02 Å². The van der Waals surface area contributed by atoms with Gasteiger partial charge in [-0.05, 0) is 42.0 Å². The van der Waals surface area contributed by atoms with E-state index in [1.54, 1.807) is 11.0 Å². The number of amides is 1. The lowest BCUT2D eigenvalue weighted by molar-refractivity contribution is -0.148. The van der Waals surface area contributed by atoms with Gasteiger partial charge in [0.15, 0.2) is 6.61 Å². The number of hydrogen-bond donors (Lipinski definition) is 0. The van der Waals surface area contributed by atoms with Crippen LogP contribution in [0.5, 0.6) is 0 Å². The van der Waals surface area contributed by atoms with Gasteiger partial charge in [0.2, 0.25) is 0 Å². The van der Waals surface area contributed by atoms with Crippen molar-refractivity contribution in [2.45, 2.75) is 6.18 Å². The molecule has 2 aromatic carbocycles. The Balaban J connectivity index is 1.43. The number of nitrogens with zero attached hydrogens (tertiary/aromatic N) is 2. The Kier molecular flexibility index (Phi) is 7.22. The molecule has 1 fully saturated rings. The van der Waals surface area contributed by atoms with Crippen molar-refractivity contribution in [1.29, 1.82) is 0 Å². The molecule has 1 aliphatic rings. The summed E-state index contributed by atoms with van der Waals surface area (Å²) in [6.07, 6.45) is -2.01. The number of hydrogen-bond acceptors (Lipinski definition) is 4. The van der Waals surface area contributed by atoms with E-state index in [1.807, 2.05) is 18.2 Å². The molecule has 0 spiro atoms. The average Bonchev–Trinajstić information content (AvgIpc) is 2.76. The third-order valence-corrected chi connectivity index (χ3v) is 5.03. The van der Waals surface area contributed by atoms with Crippen LogP contribution in [-0.4, -0.2) is 49.6 Å². The minimum Gasteiger partial charge on any atom is -0.452 e. The molecule has 0 radical (unpaired) electrons. The SMILES string of the molecule is O=C(/C=C/c1ccc(C(F)(F)F)cc1)OCC(=O)N1CCN(c2cccc(Cl)c2)CC1. The van der Waals surface area contributed by atoms with Crippen LogP contribution < -0.4 is 4.90 Å². The lowest BCUT2D eigenvalue weighted by Gasteiger charge is -2.36. The maximum Gasteiger partial charge on any atom is 0.416 e. The van der Waals surface area contributed by atoms with Crippen LogP contribution in [-0.2, 0) is 20.5 Å². The van der Waals surface area contributed by atoms with E-state index in [0.717, 1.165) is 23.9 Å². The zero-order valence-electron chi connectivity index (χ0n) is 16.4. The zero-order valence-corrected chi connectivity index (χ0v) is 17.2. The van der Waals surface area contributed by atoms with Crippen LogP contribution in [0.1, 0.15) is 11.1 Å². The average molecular weight is 453 g/mol. The summed E-state index contributed by atoms with van der Waals surface area (Å²) >= 11 is 6.01. The predicted molar refractivity (Wildman–Crippen MR) is 112 cm³/mol. The van der Waals surface area contributed by atoms with Crippen LogP contribution in [0.25, 0.3) is 6.08 Å². The summed E-state index contributed by atoms with van der Waals surface area (Å²) in [5, 5.41) is 0.646. The second kappa shape index (κ2) is 9.87. The van der Waals surface area contributed by atoms with Gasteiger partial charge in [-0.15, -0.1) is 0 Å². The van der Waals surface area contributed by atoms with Crippen LogP contribution >= 0.6 is 11.6 Å². The van der Waals surface area contributed by atoms with Crippen molar-refractivity contribution in [1.82, 2.24) is 4.90 Å². The first kappa shape index (κ1) is 22.7. The first-order valence-electron chi connectivity index (χ1n) is 9.53. The van der Waals surface area contributed by atoms with E-state index < -0.39 is 24.3 Å². The van der Waals surface area contributed by atoms with Gasteiger partial charge in [-0.25, -0.2) is 4.79 Å². The Labute approximate surface area is 182 Å². The number of rotatable bonds is 5. The molecule has 3 rings (SSSR count). The van der Waals surface area contributed by atoms with Crippen LogP contribution in [0.4, 0.5) is 18.9 Å². The predicted octanol–water partition coefficient (Wildman–Crippen LogP) is 4.26. The Morgan fingerprint density at radius 1 is 1.03 bits per heavy atom. The van der Waals surface area contributed by atoms with Gasteiger partial charge in [0.25, 0.3) is 5.91 Å². The summed E-state index contributed by atoms with van der Waals surface area (Å²) in [7, 11) is 0. The fraction of sp³-hybridized carbons (Fsp3) is 0.273. The molecule has 1 saturated heterocycles. The number of alkyl halides is 3. The molecule has 9 heteroatoms. The number of esters is 1. The van der Waals surface area contributed by atoms with Crippen molar-refractivity contribution in [3.63, 3.8) is 0 Å². The minimum absolute atomic E-state index is 0.304. The number of piperazine rings is 1. The summed E-state index contributed by atoms with van der Waals surface area (Å²) in [5.41, 5.74) is 0.626. The van der Waals surface area contributed by atoms with Gasteiger partial charge in [0.05, 0.1) is 5.56 Å². The van der Waals surface area contributed by atoms with E-state index in [-0.39, 0.29) is 5.91 Å². The Bertz CT molecular complexity index is 953. The van der Waals surface area contributed by atoms with Gasteiger partial charge >= 0.3 is 12.1 Å². The van der Waals surface area contributed by atoms with Crippen molar-refractivity contribution in [3.8, 4) is 0 Å². The molecule has 1 aliphatic heterocycles. The fourth-order valence-corrected chi connectivity index (χ4v) is 3.29. The van der Waals surface area contributed by atoms with Gasteiger partial charge in [-0.1, -0.05) is 29.8 Å². The highest BCUT2D eigenvalue weighted by atomic mass is 35.5. The molecular formula is C22H20ClF3N2O3. The smallest absolute Gasteiger partial charge is 0.416 e. The van der Waals surface area contributed by atoms with E-state index in [4.69, 9.17) is 16.3 Å². The highest BCUT2D eigenvalue weighted by Crippen LogP contribution is 2.29. The molecule has 0 bridgehead atoms. The molecule has 2 aromatic rings. The number of carbonyl (C=O) groups excluding carboxylic acids is 2. The van der Waals surface area contributed by atoms with Crippen molar-refractivity contribution in [2.75, 3.05) is 37.7 Å². The van der Waals surface area contributed by atoms with Crippen LogP contribution in [0, 0.1) is 0 Å². The number of anilines is 1. The number of benzene rings is 2. The van der Waals surface area contributed by atoms with Gasteiger partial charge in [-0.3, -0.25) is 4.79 Å². The molecule has 0 aromatic heterocycles. The molecule has 0 atom stereocenters. The van der Waals surface area contributed by atoms with E-state index in [1.165, 1.54) is 18.2 Å². The third-order valence-electron chi connectivity index (χ3n) is 4.79. The largest absolute Gasteiger partial charge is 0.452 e. The molecule has 0 saturated carbocycles. The fourth-order valence-electron chi connectivity index (χ4n) is 3.11. The second-order valence-corrected chi connectivity index (χ2v) is 7.34. The standard InChI is InChI=1S/C22H20ClF3N2O3/c23-18-2-1-3-19(14-18)27-10-12-28(13-11-27)20(29)15-31-21(30)9-6-16-4-7-17(8-5-16)22(24,25)26/h1-9,14H,10-13,15H2/b9-6+. The van der Waals surface area contributed by atoms with E-state index in [9.17, 15) is 22.8 Å². The Morgan fingerprint density at radius 3 is 2.32 bits per heavy atom. The maximum atomic E-state index is 12.6. The molecular weight excluding hydrogens is 433 g/mol. The molecule has 1 amide bonds. The molecule has 164 valence electrons. The van der Waals surface area contributed by atoms with E-state index >= 15 is 0 Å². The zero-order chi connectivity index (χ0) is 22.4. The quantitative estimate of drug-likeness (QED) is 0.502. The maximum absolute atomic E-state index is 12.6. The van der Waals surface area contributed by atoms with Crippen molar-refractivity contribution in [3.05, 3.63) is 70.8 Å². The van der Waals surface area contributed by atoms with Crippen molar-refractivity contribution < 1.29 is 27.5 Å². The van der Waals surface area contributed by atoms with Gasteiger partial charge in [0, 0.05) is 43.0 Å². The summed E-state index contributed by atoms with van der Waals surface area (Å²) in [4.78, 5) is 27.8. The molecule has 5 nitrogen and oxygen atoms in total. The Hall–Kier alpha value is -3.00. The molecule has 0 unspecified atom stereocenters. The molecule has 0 aliphatic carbocycles. The highest BCUT2D eigenvalue weighted by molar-refractivity contribution is 6.30. The number of ether oxygens (including phenoxy) is 1.